The van der Waals surface area contributed by atoms with Gasteiger partial charge < -0.3 is 4.79 Å². The van der Waals surface area contributed by atoms with Gasteiger partial charge in [-0.2, -0.15) is 8.42 Å². The van der Waals surface area contributed by atoms with Crippen LogP contribution in [0.2, 0.25) is 0 Å². The van der Waals surface area contributed by atoms with Gasteiger partial charge in [-0.05, 0) is 50.9 Å². The molecule has 1 unspecified atom stereocenters. The van der Waals surface area contributed by atoms with E-state index in [0.717, 1.165) is 63.9 Å². The molecule has 0 rings (SSSR count). The lowest BCUT2D eigenvalue weighted by Gasteiger charge is -2.01. The molecule has 0 aromatic heterocycles. The predicted molar refractivity (Wildman–Crippen MR) is 114 cm³/mol. The molecular formula is C22H36O4S. The number of aldehydes is 1. The Labute approximate surface area is 166 Å². The lowest BCUT2D eigenvalue weighted by atomic mass is 10.1. The Hall–Kier alpha value is -1.46. The predicted octanol–water partition coefficient (Wildman–Crippen LogP) is 5.53. The molecule has 0 N–H and O–H groups in total. The molecule has 5 heteroatoms. The second-order valence-corrected chi connectivity index (χ2v) is 8.25. The molecule has 0 fully saturated rings. The Morgan fingerprint density at radius 3 is 2.11 bits per heavy atom. The molecule has 0 aliphatic rings. The van der Waals surface area contributed by atoms with Crippen LogP contribution in [-0.2, 0) is 19.1 Å². The number of hydrogen-bond acceptors (Lipinski definition) is 4. The van der Waals surface area contributed by atoms with Crippen molar-refractivity contribution in [1.82, 2.24) is 0 Å². The molecule has 0 saturated heterocycles. The van der Waals surface area contributed by atoms with Gasteiger partial charge in [-0.3, -0.25) is 4.18 Å². The van der Waals surface area contributed by atoms with Crippen LogP contribution in [0.15, 0.2) is 48.6 Å². The van der Waals surface area contributed by atoms with E-state index in [4.69, 9.17) is 4.18 Å². The second kappa shape index (κ2) is 17.9. The summed E-state index contributed by atoms with van der Waals surface area (Å²) < 4.78 is 26.3. The van der Waals surface area contributed by atoms with Gasteiger partial charge in [0.15, 0.2) is 0 Å². The summed E-state index contributed by atoms with van der Waals surface area (Å²) in [6.45, 7) is 2.45. The number of hydrogen-bond donors (Lipinski definition) is 0. The van der Waals surface area contributed by atoms with Crippen LogP contribution < -0.4 is 0 Å². The molecule has 0 spiro atoms. The lowest BCUT2D eigenvalue weighted by Crippen LogP contribution is -2.03. The molecule has 0 aliphatic heterocycles. The van der Waals surface area contributed by atoms with Crippen LogP contribution in [0.5, 0.6) is 0 Å². The Kier molecular flexibility index (Phi) is 17.0. The molecule has 154 valence electrons. The highest BCUT2D eigenvalue weighted by Crippen LogP contribution is 2.06. The van der Waals surface area contributed by atoms with E-state index in [1.807, 2.05) is 0 Å². The van der Waals surface area contributed by atoms with Gasteiger partial charge in [0.05, 0.1) is 12.9 Å². The van der Waals surface area contributed by atoms with E-state index in [0.29, 0.717) is 12.3 Å². The largest absolute Gasteiger partial charge is 0.303 e. The molecule has 0 amide bonds. The van der Waals surface area contributed by atoms with Crippen molar-refractivity contribution in [2.24, 2.45) is 5.92 Å². The molecular weight excluding hydrogens is 360 g/mol. The fraction of sp³-hybridized carbons (Fsp3) is 0.591. The molecule has 0 bridgehead atoms. The van der Waals surface area contributed by atoms with E-state index >= 15 is 0 Å². The zero-order valence-corrected chi connectivity index (χ0v) is 17.7. The number of carbonyl (C=O) groups is 1. The van der Waals surface area contributed by atoms with Gasteiger partial charge in [-0.15, -0.1) is 0 Å². The SMILES string of the molecule is CC(C=CCC=CCC=CCCCC=O)C=CCCCCCOS(C)(=O)=O. The number of unbranched alkanes of at least 4 members (excludes halogenated alkanes) is 5. The zero-order valence-electron chi connectivity index (χ0n) is 16.9. The highest BCUT2D eigenvalue weighted by molar-refractivity contribution is 7.85. The van der Waals surface area contributed by atoms with Gasteiger partial charge >= 0.3 is 0 Å². The smallest absolute Gasteiger partial charge is 0.264 e. The van der Waals surface area contributed by atoms with E-state index < -0.39 is 10.1 Å². The molecule has 0 radical (unpaired) electrons. The quantitative estimate of drug-likeness (QED) is 0.140. The van der Waals surface area contributed by atoms with Crippen LogP contribution in [0.1, 0.15) is 64.7 Å². The Balaban J connectivity index is 3.62. The summed E-state index contributed by atoms with van der Waals surface area (Å²) in [6.07, 6.45) is 27.7. The molecule has 0 heterocycles. The Morgan fingerprint density at radius 2 is 1.41 bits per heavy atom. The Bertz CT molecular complexity index is 571. The summed E-state index contributed by atoms with van der Waals surface area (Å²) in [5.74, 6) is 0.421. The maximum Gasteiger partial charge on any atom is 0.264 e. The van der Waals surface area contributed by atoms with Gasteiger partial charge in [0.25, 0.3) is 10.1 Å². The highest BCUT2D eigenvalue weighted by Gasteiger charge is 1.99. The summed E-state index contributed by atoms with van der Waals surface area (Å²) >= 11 is 0. The van der Waals surface area contributed by atoms with E-state index in [1.54, 1.807) is 0 Å². The fourth-order valence-corrected chi connectivity index (χ4v) is 2.72. The molecule has 1 atom stereocenters. The van der Waals surface area contributed by atoms with Gasteiger partial charge in [0.2, 0.25) is 0 Å². The Morgan fingerprint density at radius 1 is 0.778 bits per heavy atom. The summed E-state index contributed by atoms with van der Waals surface area (Å²) in [4.78, 5) is 10.2. The highest BCUT2D eigenvalue weighted by atomic mass is 32.2. The van der Waals surface area contributed by atoms with Gasteiger partial charge in [-0.25, -0.2) is 0 Å². The maximum atomic E-state index is 10.8. The van der Waals surface area contributed by atoms with Crippen LogP contribution in [0.3, 0.4) is 0 Å². The van der Waals surface area contributed by atoms with Gasteiger partial charge in [-0.1, -0.05) is 62.0 Å². The van der Waals surface area contributed by atoms with Crippen molar-refractivity contribution in [2.75, 3.05) is 12.9 Å². The standard InChI is InChI=1S/C22H36O4S/c1-22(19-15-11-9-13-17-21-26-27(2,24)25)18-14-10-7-5-3-4-6-8-12-16-20-23/h4-7,14-15,18-20,22H,3,8-13,16-17,21H2,1-2H3. The first-order valence-electron chi connectivity index (χ1n) is 9.87. The molecule has 4 nitrogen and oxygen atoms in total. The first-order chi connectivity index (χ1) is 13.0. The minimum absolute atomic E-state index is 0.283. The topological polar surface area (TPSA) is 60.4 Å². The van der Waals surface area contributed by atoms with Crippen LogP contribution in [-0.4, -0.2) is 27.6 Å². The van der Waals surface area contributed by atoms with E-state index in [9.17, 15) is 13.2 Å². The van der Waals surface area contributed by atoms with E-state index in [2.05, 4.69) is 55.5 Å². The first-order valence-corrected chi connectivity index (χ1v) is 11.7. The number of rotatable bonds is 17. The normalized spacial score (nSPS) is 14.1. The minimum atomic E-state index is -3.30. The number of carbonyl (C=O) groups excluding carboxylic acids is 1. The number of allylic oxidation sites excluding steroid dienone is 8. The lowest BCUT2D eigenvalue weighted by molar-refractivity contribution is -0.107. The van der Waals surface area contributed by atoms with Crippen molar-refractivity contribution in [3.8, 4) is 0 Å². The monoisotopic (exact) mass is 396 g/mol. The maximum absolute atomic E-state index is 10.8. The minimum Gasteiger partial charge on any atom is -0.303 e. The summed E-state index contributed by atoms with van der Waals surface area (Å²) in [5, 5.41) is 0. The third-order valence-electron chi connectivity index (χ3n) is 3.76. The van der Waals surface area contributed by atoms with Crippen molar-refractivity contribution < 1.29 is 17.4 Å². The van der Waals surface area contributed by atoms with Gasteiger partial charge in [0, 0.05) is 6.42 Å². The third kappa shape index (κ3) is 22.5. The molecule has 0 aromatic carbocycles. The van der Waals surface area contributed by atoms with Crippen molar-refractivity contribution in [3.05, 3.63) is 48.6 Å². The zero-order chi connectivity index (χ0) is 20.2. The average Bonchev–Trinajstić information content (AvgIpc) is 2.61. The fourth-order valence-electron chi connectivity index (χ4n) is 2.30. The van der Waals surface area contributed by atoms with Crippen molar-refractivity contribution in [2.45, 2.75) is 64.7 Å². The second-order valence-electron chi connectivity index (χ2n) is 6.60. The van der Waals surface area contributed by atoms with E-state index in [-0.39, 0.29) is 6.61 Å². The molecule has 0 aliphatic carbocycles. The summed E-state index contributed by atoms with van der Waals surface area (Å²) in [6, 6.07) is 0. The van der Waals surface area contributed by atoms with Crippen LogP contribution in [0.25, 0.3) is 0 Å². The van der Waals surface area contributed by atoms with Crippen LogP contribution in [0.4, 0.5) is 0 Å². The average molecular weight is 397 g/mol. The first kappa shape index (κ1) is 25.5. The van der Waals surface area contributed by atoms with Crippen LogP contribution in [0, 0.1) is 5.92 Å². The summed E-state index contributed by atoms with van der Waals surface area (Å²) in [5.41, 5.74) is 0. The summed E-state index contributed by atoms with van der Waals surface area (Å²) in [7, 11) is -3.30. The molecule has 27 heavy (non-hydrogen) atoms. The van der Waals surface area contributed by atoms with Crippen molar-refractivity contribution in [3.63, 3.8) is 0 Å². The third-order valence-corrected chi connectivity index (χ3v) is 4.36. The van der Waals surface area contributed by atoms with Crippen molar-refractivity contribution in [1.29, 1.82) is 0 Å². The van der Waals surface area contributed by atoms with E-state index in [1.165, 1.54) is 0 Å². The molecule has 0 saturated carbocycles. The molecule has 0 aromatic rings. The van der Waals surface area contributed by atoms with Crippen LogP contribution >= 0.6 is 0 Å². The van der Waals surface area contributed by atoms with Crippen molar-refractivity contribution >= 4 is 16.4 Å². The van der Waals surface area contributed by atoms with Gasteiger partial charge in [0.1, 0.15) is 6.29 Å².